The molecule has 0 aliphatic rings. The summed E-state index contributed by atoms with van der Waals surface area (Å²) in [5.41, 5.74) is 0.704. The van der Waals surface area contributed by atoms with Crippen molar-refractivity contribution < 1.29 is 9.18 Å². The van der Waals surface area contributed by atoms with Crippen LogP contribution < -0.4 is 5.32 Å². The van der Waals surface area contributed by atoms with Gasteiger partial charge in [-0.05, 0) is 18.2 Å². The van der Waals surface area contributed by atoms with Crippen LogP contribution in [0.1, 0.15) is 36.8 Å². The lowest BCUT2D eigenvalue weighted by atomic mass is 9.92. The number of halogens is 2. The maximum atomic E-state index is 13.1. The maximum absolute atomic E-state index is 13.1. The molecule has 6 nitrogen and oxygen atoms in total. The van der Waals surface area contributed by atoms with E-state index in [0.717, 1.165) is 16.8 Å². The van der Waals surface area contributed by atoms with Gasteiger partial charge in [-0.1, -0.05) is 43.7 Å². The monoisotopic (exact) mass is 379 g/mol. The van der Waals surface area contributed by atoms with E-state index in [2.05, 4.69) is 20.4 Å². The molecule has 1 aromatic carbocycles. The predicted molar refractivity (Wildman–Crippen MR) is 95.1 cm³/mol. The lowest BCUT2D eigenvalue weighted by Gasteiger charge is -2.16. The molecule has 25 heavy (non-hydrogen) atoms. The molecule has 0 bridgehead atoms. The predicted octanol–water partition coefficient (Wildman–Crippen LogP) is 4.07. The van der Waals surface area contributed by atoms with E-state index in [-0.39, 0.29) is 16.0 Å². The van der Waals surface area contributed by atoms with Crippen molar-refractivity contribution in [3.63, 3.8) is 0 Å². The molecule has 0 aliphatic heterocycles. The van der Waals surface area contributed by atoms with Crippen LogP contribution >= 0.6 is 22.9 Å². The summed E-state index contributed by atoms with van der Waals surface area (Å²) in [5.74, 6) is -0.955. The van der Waals surface area contributed by atoms with E-state index in [9.17, 15) is 9.18 Å². The molecule has 9 heteroatoms. The molecular weight excluding hydrogens is 365 g/mol. The molecule has 0 fully saturated rings. The number of aromatic nitrogens is 4. The Morgan fingerprint density at radius 3 is 2.72 bits per heavy atom. The summed E-state index contributed by atoms with van der Waals surface area (Å²) in [7, 11) is 0. The molecule has 2 aromatic heterocycles. The molecule has 3 rings (SSSR count). The second-order valence-corrected chi connectivity index (χ2v) is 7.73. The Morgan fingerprint density at radius 2 is 2.12 bits per heavy atom. The van der Waals surface area contributed by atoms with Crippen molar-refractivity contribution in [1.82, 2.24) is 19.7 Å². The van der Waals surface area contributed by atoms with Crippen LogP contribution in [0.4, 0.5) is 9.52 Å². The first-order chi connectivity index (χ1) is 11.8. The number of nitrogens with zero attached hydrogens (tertiary/aromatic N) is 4. The highest BCUT2D eigenvalue weighted by Gasteiger charge is 2.26. The van der Waals surface area contributed by atoms with Gasteiger partial charge in [0.05, 0.1) is 16.3 Å². The summed E-state index contributed by atoms with van der Waals surface area (Å²) >= 11 is 7.22. The van der Waals surface area contributed by atoms with E-state index in [0.29, 0.717) is 5.13 Å². The molecule has 0 aliphatic carbocycles. The third-order valence-electron chi connectivity index (χ3n) is 3.34. The van der Waals surface area contributed by atoms with Crippen LogP contribution in [0.15, 0.2) is 30.9 Å². The highest BCUT2D eigenvalue weighted by atomic mass is 35.5. The van der Waals surface area contributed by atoms with Crippen molar-refractivity contribution >= 4 is 34.0 Å². The van der Waals surface area contributed by atoms with Crippen LogP contribution in [0.5, 0.6) is 0 Å². The summed E-state index contributed by atoms with van der Waals surface area (Å²) in [4.78, 5) is 20.9. The highest BCUT2D eigenvalue weighted by Crippen LogP contribution is 2.34. The lowest BCUT2D eigenvalue weighted by Crippen LogP contribution is -2.16. The van der Waals surface area contributed by atoms with Crippen LogP contribution in [-0.2, 0) is 5.41 Å². The number of thiazole rings is 1. The summed E-state index contributed by atoms with van der Waals surface area (Å²) in [6.07, 6.45) is 3.01. The first-order valence-corrected chi connectivity index (χ1v) is 8.58. The molecule has 0 atom stereocenters. The largest absolute Gasteiger partial charge is 0.298 e. The quantitative estimate of drug-likeness (QED) is 0.744. The molecule has 0 radical (unpaired) electrons. The third-order valence-corrected chi connectivity index (χ3v) is 4.62. The standard InChI is InChI=1S/C16H15ClFN5OS/c1-16(2,3)12-14(23-8-19-7-20-23)25-15(21-12)22-13(24)10-5-4-9(18)6-11(10)17/h4-8H,1-3H3,(H,21,22,24). The Hall–Kier alpha value is -2.32. The number of carbonyl (C=O) groups is 1. The second-order valence-electron chi connectivity index (χ2n) is 6.34. The van der Waals surface area contributed by atoms with E-state index in [4.69, 9.17) is 11.6 Å². The van der Waals surface area contributed by atoms with Gasteiger partial charge in [0.15, 0.2) is 5.13 Å². The summed E-state index contributed by atoms with van der Waals surface area (Å²) in [6.45, 7) is 6.06. The fourth-order valence-electron chi connectivity index (χ4n) is 2.16. The van der Waals surface area contributed by atoms with Gasteiger partial charge in [0.25, 0.3) is 5.91 Å². The SMILES string of the molecule is CC(C)(C)c1nc(NC(=O)c2ccc(F)cc2Cl)sc1-n1cncn1. The van der Waals surface area contributed by atoms with Gasteiger partial charge in [-0.2, -0.15) is 5.10 Å². The van der Waals surface area contributed by atoms with E-state index in [1.165, 1.54) is 29.8 Å². The molecular formula is C16H15ClFN5OS. The molecule has 3 aromatic rings. The Labute approximate surface area is 152 Å². The number of rotatable bonds is 3. The molecule has 0 saturated carbocycles. The van der Waals surface area contributed by atoms with Crippen molar-refractivity contribution in [3.8, 4) is 5.00 Å². The number of benzene rings is 1. The Morgan fingerprint density at radius 1 is 1.36 bits per heavy atom. The Balaban J connectivity index is 1.94. The topological polar surface area (TPSA) is 72.7 Å². The van der Waals surface area contributed by atoms with Gasteiger partial charge in [0.1, 0.15) is 23.5 Å². The zero-order valence-corrected chi connectivity index (χ0v) is 15.3. The Bertz CT molecular complexity index is 917. The third kappa shape index (κ3) is 3.69. The summed E-state index contributed by atoms with van der Waals surface area (Å²) in [6, 6.07) is 3.62. The molecule has 0 saturated heterocycles. The molecule has 1 N–H and O–H groups in total. The minimum absolute atomic E-state index is 0.0431. The van der Waals surface area contributed by atoms with Crippen LogP contribution in [-0.4, -0.2) is 25.7 Å². The zero-order chi connectivity index (χ0) is 18.2. The van der Waals surface area contributed by atoms with Crippen molar-refractivity contribution in [1.29, 1.82) is 0 Å². The molecule has 0 spiro atoms. The average molecular weight is 380 g/mol. The van der Waals surface area contributed by atoms with Crippen LogP contribution in [0.25, 0.3) is 5.00 Å². The molecule has 1 amide bonds. The summed E-state index contributed by atoms with van der Waals surface area (Å²) in [5, 5.41) is 8.06. The number of carbonyl (C=O) groups excluding carboxylic acids is 1. The van der Waals surface area contributed by atoms with Crippen LogP contribution in [0.3, 0.4) is 0 Å². The molecule has 130 valence electrons. The van der Waals surface area contributed by atoms with Gasteiger partial charge in [-0.15, -0.1) is 0 Å². The van der Waals surface area contributed by atoms with Crippen molar-refractivity contribution in [2.45, 2.75) is 26.2 Å². The zero-order valence-electron chi connectivity index (χ0n) is 13.7. The number of amides is 1. The van der Waals surface area contributed by atoms with Crippen molar-refractivity contribution in [3.05, 3.63) is 53.0 Å². The van der Waals surface area contributed by atoms with Gasteiger partial charge >= 0.3 is 0 Å². The normalized spacial score (nSPS) is 11.6. The number of anilines is 1. The second kappa shape index (κ2) is 6.53. The number of hydrogen-bond acceptors (Lipinski definition) is 5. The van der Waals surface area contributed by atoms with E-state index < -0.39 is 11.7 Å². The van der Waals surface area contributed by atoms with E-state index in [1.54, 1.807) is 11.0 Å². The Kier molecular flexibility index (Phi) is 4.57. The first-order valence-electron chi connectivity index (χ1n) is 7.38. The maximum Gasteiger partial charge on any atom is 0.258 e. The van der Waals surface area contributed by atoms with Gasteiger partial charge in [-0.25, -0.2) is 19.0 Å². The van der Waals surface area contributed by atoms with E-state index >= 15 is 0 Å². The minimum atomic E-state index is -0.501. The number of nitrogens with one attached hydrogen (secondary N) is 1. The van der Waals surface area contributed by atoms with Crippen LogP contribution in [0.2, 0.25) is 5.02 Å². The average Bonchev–Trinajstić information content (AvgIpc) is 3.14. The number of hydrogen-bond donors (Lipinski definition) is 1. The first kappa shape index (κ1) is 17.5. The van der Waals surface area contributed by atoms with Crippen LogP contribution in [0, 0.1) is 5.82 Å². The van der Waals surface area contributed by atoms with Gasteiger partial charge in [-0.3, -0.25) is 10.1 Å². The van der Waals surface area contributed by atoms with Crippen molar-refractivity contribution in [2.75, 3.05) is 5.32 Å². The van der Waals surface area contributed by atoms with Gasteiger partial charge < -0.3 is 0 Å². The smallest absolute Gasteiger partial charge is 0.258 e. The van der Waals surface area contributed by atoms with Gasteiger partial charge in [0.2, 0.25) is 0 Å². The fraction of sp³-hybridized carbons (Fsp3) is 0.250. The molecule has 2 heterocycles. The minimum Gasteiger partial charge on any atom is -0.298 e. The van der Waals surface area contributed by atoms with Crippen molar-refractivity contribution in [2.24, 2.45) is 0 Å². The fourth-order valence-corrected chi connectivity index (χ4v) is 3.51. The summed E-state index contributed by atoms with van der Waals surface area (Å²) < 4.78 is 14.8. The lowest BCUT2D eigenvalue weighted by molar-refractivity contribution is 0.102. The molecule has 0 unspecified atom stereocenters. The van der Waals surface area contributed by atoms with Gasteiger partial charge in [0, 0.05) is 5.41 Å². The van der Waals surface area contributed by atoms with E-state index in [1.807, 2.05) is 20.8 Å². The highest BCUT2D eigenvalue weighted by molar-refractivity contribution is 7.18.